The minimum Gasteiger partial charge on any atom is -0.558 e. The maximum absolute atomic E-state index is 11.3. The lowest BCUT2D eigenvalue weighted by molar-refractivity contribution is -0.139. The van der Waals surface area contributed by atoms with Gasteiger partial charge in [-0.05, 0) is 30.1 Å². The highest BCUT2D eigenvalue weighted by Crippen LogP contribution is 2.15. The van der Waals surface area contributed by atoms with Gasteiger partial charge < -0.3 is 30.9 Å². The number of nitrogens with one attached hydrogen (secondary N) is 1. The molecule has 128 valence electrons. The second kappa shape index (κ2) is 8.28. The van der Waals surface area contributed by atoms with Crippen molar-refractivity contribution in [3.05, 3.63) is 34.9 Å². The first-order valence-electron chi connectivity index (χ1n) is 6.85. The first-order valence-corrected chi connectivity index (χ1v) is 7.23. The smallest absolute Gasteiger partial charge is 0.396 e. The van der Waals surface area contributed by atoms with E-state index in [-0.39, 0.29) is 6.42 Å². The van der Waals surface area contributed by atoms with E-state index in [0.717, 1.165) is 0 Å². The number of amides is 1. The number of benzene rings is 1. The number of hydrogen-bond donors (Lipinski definition) is 5. The first kappa shape index (κ1) is 19.4. The van der Waals surface area contributed by atoms with Crippen LogP contribution in [0.15, 0.2) is 24.3 Å². The van der Waals surface area contributed by atoms with Gasteiger partial charge in [-0.3, -0.25) is 9.59 Å². The molecule has 6 N–H and O–H groups in total. The topological polar surface area (TPSA) is 142 Å². The van der Waals surface area contributed by atoms with Crippen molar-refractivity contribution in [2.24, 2.45) is 5.73 Å². The highest BCUT2D eigenvalue weighted by Gasteiger charge is 2.34. The summed E-state index contributed by atoms with van der Waals surface area (Å²) in [6, 6.07) is 5.14. The van der Waals surface area contributed by atoms with Gasteiger partial charge in [0, 0.05) is 18.6 Å². The number of carbonyl (C=O) groups excluding carboxylic acids is 1. The molecular formula is C13H19BClN2O6-. The Morgan fingerprint density at radius 1 is 1.35 bits per heavy atom. The summed E-state index contributed by atoms with van der Waals surface area (Å²) in [5.74, 6) is -3.01. The maximum Gasteiger partial charge on any atom is 0.396 e. The molecule has 23 heavy (non-hydrogen) atoms. The van der Waals surface area contributed by atoms with Gasteiger partial charge in [0.25, 0.3) is 0 Å². The van der Waals surface area contributed by atoms with Crippen molar-refractivity contribution in [3.63, 3.8) is 0 Å². The molecule has 0 aromatic heterocycles. The molecule has 0 radical (unpaired) electrons. The lowest BCUT2D eigenvalue weighted by Gasteiger charge is -2.38. The normalized spacial score (nSPS) is 14.1. The fourth-order valence-electron chi connectivity index (χ4n) is 1.88. The summed E-state index contributed by atoms with van der Waals surface area (Å²) in [7, 11) is 0. The van der Waals surface area contributed by atoms with E-state index in [2.05, 4.69) is 5.32 Å². The fraction of sp³-hybridized carbons (Fsp3) is 0.385. The number of nitrogens with two attached hydrogens (primary N) is 1. The Morgan fingerprint density at radius 3 is 2.39 bits per heavy atom. The van der Waals surface area contributed by atoms with Crippen molar-refractivity contribution in [1.29, 1.82) is 0 Å². The fourth-order valence-corrected chi connectivity index (χ4v) is 2.01. The molecule has 0 saturated carbocycles. The van der Waals surface area contributed by atoms with E-state index < -0.39 is 37.2 Å². The summed E-state index contributed by atoms with van der Waals surface area (Å²) in [6.45, 7) is -2.92. The minimum absolute atomic E-state index is 0.0477. The van der Waals surface area contributed by atoms with E-state index in [9.17, 15) is 19.6 Å². The van der Waals surface area contributed by atoms with Crippen LogP contribution >= 0.6 is 11.6 Å². The third kappa shape index (κ3) is 6.55. The van der Waals surface area contributed by atoms with Crippen LogP contribution in [0.2, 0.25) is 5.02 Å². The predicted molar refractivity (Wildman–Crippen MR) is 84.5 cm³/mol. The summed E-state index contributed by atoms with van der Waals surface area (Å²) in [5.41, 5.74) is 5.93. The zero-order valence-corrected chi connectivity index (χ0v) is 13.2. The highest BCUT2D eigenvalue weighted by molar-refractivity contribution is 6.60. The number of carboxylic acids is 1. The minimum atomic E-state index is -3.52. The SMILES string of the molecule is CC(=O)N[C@H](Cc1ccc(Cl)cc1)[B-](O)(O)OC[C@H](N)C(=O)O. The van der Waals surface area contributed by atoms with Gasteiger partial charge >= 0.3 is 12.7 Å². The molecule has 0 aliphatic heterocycles. The molecule has 8 nitrogen and oxygen atoms in total. The maximum atomic E-state index is 11.3. The molecular weight excluding hydrogens is 326 g/mol. The first-order chi connectivity index (χ1) is 10.6. The zero-order valence-electron chi connectivity index (χ0n) is 12.5. The average molecular weight is 346 g/mol. The molecule has 0 unspecified atom stereocenters. The lowest BCUT2D eigenvalue weighted by atomic mass is 9.66. The van der Waals surface area contributed by atoms with E-state index in [4.69, 9.17) is 27.1 Å². The number of aliphatic carboxylic acids is 1. The van der Waals surface area contributed by atoms with Gasteiger partial charge in [-0.1, -0.05) is 23.7 Å². The average Bonchev–Trinajstić information content (AvgIpc) is 2.45. The van der Waals surface area contributed by atoms with E-state index in [1.165, 1.54) is 6.92 Å². The lowest BCUT2D eigenvalue weighted by Crippen LogP contribution is -2.61. The third-order valence-corrected chi connectivity index (χ3v) is 3.37. The zero-order chi connectivity index (χ0) is 17.6. The molecule has 1 aromatic carbocycles. The number of carboxylic acid groups (broad SMARTS) is 1. The van der Waals surface area contributed by atoms with Gasteiger partial charge in [0.05, 0.1) is 0 Å². The van der Waals surface area contributed by atoms with Gasteiger partial charge in [-0.25, -0.2) is 0 Å². The Hall–Kier alpha value is -1.65. The van der Waals surface area contributed by atoms with Crippen LogP contribution < -0.4 is 11.1 Å². The predicted octanol–water partition coefficient (Wildman–Crippen LogP) is -0.722. The molecule has 2 atom stereocenters. The van der Waals surface area contributed by atoms with Crippen molar-refractivity contribution in [2.45, 2.75) is 25.3 Å². The number of halogens is 1. The van der Waals surface area contributed by atoms with Crippen LogP contribution in [-0.4, -0.2) is 52.4 Å². The third-order valence-electron chi connectivity index (χ3n) is 3.12. The number of carbonyl (C=O) groups is 2. The van der Waals surface area contributed by atoms with Gasteiger partial charge in [0.2, 0.25) is 5.91 Å². The Kier molecular flexibility index (Phi) is 6.98. The molecule has 0 aliphatic rings. The molecule has 0 heterocycles. The van der Waals surface area contributed by atoms with Crippen LogP contribution in [0.25, 0.3) is 0 Å². The number of hydrogen-bond acceptors (Lipinski definition) is 6. The Bertz CT molecular complexity index is 554. The van der Waals surface area contributed by atoms with E-state index in [1.54, 1.807) is 24.3 Å². The van der Waals surface area contributed by atoms with Crippen molar-refractivity contribution in [2.75, 3.05) is 6.61 Å². The van der Waals surface area contributed by atoms with Gasteiger partial charge in [-0.2, -0.15) is 0 Å². The second-order valence-corrected chi connectivity index (χ2v) is 5.61. The van der Waals surface area contributed by atoms with Crippen molar-refractivity contribution in [3.8, 4) is 0 Å². The van der Waals surface area contributed by atoms with Crippen LogP contribution in [0, 0.1) is 0 Å². The van der Waals surface area contributed by atoms with Gasteiger partial charge in [-0.15, -0.1) is 0 Å². The quantitative estimate of drug-likeness (QED) is 0.391. The summed E-state index contributed by atoms with van der Waals surface area (Å²) in [6.07, 6.45) is 0.0477. The molecule has 1 rings (SSSR count). The van der Waals surface area contributed by atoms with Crippen LogP contribution in [0.1, 0.15) is 12.5 Å². The highest BCUT2D eigenvalue weighted by atomic mass is 35.5. The van der Waals surface area contributed by atoms with Crippen LogP contribution in [-0.2, 0) is 20.7 Å². The van der Waals surface area contributed by atoms with Crippen molar-refractivity contribution < 1.29 is 29.4 Å². The second-order valence-electron chi connectivity index (χ2n) is 5.18. The van der Waals surface area contributed by atoms with Gasteiger partial charge in [0.15, 0.2) is 0 Å². The Balaban J connectivity index is 2.83. The number of rotatable bonds is 8. The standard InChI is InChI=1S/C13H19BClN2O6/c1-8(18)17-12(6-9-2-4-10(15)5-3-9)14(21,22)23-7-11(16)13(19)20/h2-5,11-12,21-22H,6-7,16H2,1H3,(H,17,18)(H,19,20)/q-1/t11-,12+/m0/s1. The molecule has 0 saturated heterocycles. The Morgan fingerprint density at radius 2 is 1.91 bits per heavy atom. The molecule has 0 aliphatic carbocycles. The molecule has 0 spiro atoms. The molecule has 0 fully saturated rings. The molecule has 10 heteroatoms. The summed E-state index contributed by atoms with van der Waals surface area (Å²) >= 11 is 5.78. The summed E-state index contributed by atoms with van der Waals surface area (Å²) < 4.78 is 4.84. The van der Waals surface area contributed by atoms with Crippen molar-refractivity contribution >= 4 is 30.2 Å². The monoisotopic (exact) mass is 345 g/mol. The Labute approximate surface area is 138 Å². The molecule has 1 amide bonds. The molecule has 0 bridgehead atoms. The van der Waals surface area contributed by atoms with Crippen LogP contribution in [0.3, 0.4) is 0 Å². The van der Waals surface area contributed by atoms with Crippen LogP contribution in [0.4, 0.5) is 0 Å². The molecule has 1 aromatic rings. The van der Waals surface area contributed by atoms with E-state index in [0.29, 0.717) is 10.6 Å². The van der Waals surface area contributed by atoms with E-state index in [1.807, 2.05) is 0 Å². The summed E-state index contributed by atoms with van der Waals surface area (Å²) in [5, 5.41) is 31.7. The van der Waals surface area contributed by atoms with E-state index >= 15 is 0 Å². The van der Waals surface area contributed by atoms with Gasteiger partial charge in [0.1, 0.15) is 6.04 Å². The van der Waals surface area contributed by atoms with Crippen LogP contribution in [0.5, 0.6) is 0 Å². The summed E-state index contributed by atoms with van der Waals surface area (Å²) in [4.78, 5) is 21.9. The largest absolute Gasteiger partial charge is 0.558 e. The van der Waals surface area contributed by atoms with Crippen molar-refractivity contribution in [1.82, 2.24) is 5.32 Å².